The molecule has 0 aromatic rings. The maximum absolute atomic E-state index is 10.6. The van der Waals surface area contributed by atoms with Gasteiger partial charge in [0.1, 0.15) is 6.04 Å². The minimum absolute atomic E-state index is 0.254. The van der Waals surface area contributed by atoms with Crippen molar-refractivity contribution >= 4 is 24.4 Å². The molecule has 5 heteroatoms. The highest BCUT2D eigenvalue weighted by Gasteiger charge is 2.14. The second kappa shape index (κ2) is 5.01. The zero-order chi connectivity index (χ0) is 8.85. The fraction of sp³-hybridized carbons (Fsp3) is 0.667. The number of hydrogen-bond donors (Lipinski definition) is 3. The molecule has 0 rings (SSSR count). The van der Waals surface area contributed by atoms with Crippen molar-refractivity contribution in [3.05, 3.63) is 0 Å². The summed E-state index contributed by atoms with van der Waals surface area (Å²) >= 11 is 3.92. The largest absolute Gasteiger partial charge is 0.368 e. The number of amides is 2. The van der Waals surface area contributed by atoms with Crippen molar-refractivity contribution in [2.45, 2.75) is 19.4 Å². The molecule has 0 aliphatic rings. The highest BCUT2D eigenvalue weighted by atomic mass is 32.1. The molecule has 0 aliphatic heterocycles. The Hall–Kier alpha value is -0.710. The second-order valence-corrected chi connectivity index (χ2v) is 2.61. The summed E-state index contributed by atoms with van der Waals surface area (Å²) in [7, 11) is 0. The van der Waals surface area contributed by atoms with Crippen molar-refractivity contribution in [1.29, 1.82) is 0 Å². The lowest BCUT2D eigenvalue weighted by Gasteiger charge is -2.11. The maximum atomic E-state index is 10.6. The highest BCUT2D eigenvalue weighted by molar-refractivity contribution is 7.80. The maximum Gasteiger partial charge on any atom is 0.240 e. The van der Waals surface area contributed by atoms with Gasteiger partial charge in [-0.1, -0.05) is 0 Å². The number of nitrogens with two attached hydrogens (primary N) is 1. The molecule has 0 saturated heterocycles. The van der Waals surface area contributed by atoms with Crippen molar-refractivity contribution in [1.82, 2.24) is 5.32 Å². The average Bonchev–Trinajstić information content (AvgIpc) is 1.86. The summed E-state index contributed by atoms with van der Waals surface area (Å²) in [6, 6.07) is -0.579. The van der Waals surface area contributed by atoms with Crippen LogP contribution in [0.25, 0.3) is 0 Å². The molecule has 4 nitrogen and oxygen atoms in total. The molecule has 0 fully saturated rings. The minimum atomic E-state index is -0.579. The number of carbonyl (C=O) groups excluding carboxylic acids is 2. The third-order valence-corrected chi connectivity index (χ3v) is 1.40. The van der Waals surface area contributed by atoms with Crippen LogP contribution in [0.2, 0.25) is 0 Å². The van der Waals surface area contributed by atoms with Crippen LogP contribution in [0.4, 0.5) is 0 Å². The Labute approximate surface area is 70.9 Å². The van der Waals surface area contributed by atoms with E-state index in [1.807, 2.05) is 0 Å². The SMILES string of the molecule is CC(=O)N[C@H](CCS)C(N)=O. The van der Waals surface area contributed by atoms with Crippen molar-refractivity contribution in [3.8, 4) is 0 Å². The van der Waals surface area contributed by atoms with Crippen molar-refractivity contribution in [2.24, 2.45) is 5.73 Å². The van der Waals surface area contributed by atoms with E-state index in [0.29, 0.717) is 12.2 Å². The van der Waals surface area contributed by atoms with Crippen LogP contribution in [0.1, 0.15) is 13.3 Å². The van der Waals surface area contributed by atoms with E-state index in [0.717, 1.165) is 0 Å². The van der Waals surface area contributed by atoms with Gasteiger partial charge in [-0.05, 0) is 12.2 Å². The van der Waals surface area contributed by atoms with E-state index >= 15 is 0 Å². The molecule has 3 N–H and O–H groups in total. The Balaban J connectivity index is 3.89. The number of thiol groups is 1. The summed E-state index contributed by atoms with van der Waals surface area (Å²) in [6.45, 7) is 1.34. The van der Waals surface area contributed by atoms with Crippen LogP contribution in [0.5, 0.6) is 0 Å². The first-order valence-corrected chi connectivity index (χ1v) is 3.88. The topological polar surface area (TPSA) is 72.2 Å². The van der Waals surface area contributed by atoms with Crippen LogP contribution in [-0.4, -0.2) is 23.6 Å². The molecule has 0 bridgehead atoms. The van der Waals surface area contributed by atoms with Crippen LogP contribution in [-0.2, 0) is 9.59 Å². The van der Waals surface area contributed by atoms with Crippen LogP contribution in [0, 0.1) is 0 Å². The summed E-state index contributed by atoms with van der Waals surface area (Å²) < 4.78 is 0. The van der Waals surface area contributed by atoms with E-state index in [1.165, 1.54) is 6.92 Å². The Morgan fingerprint density at radius 3 is 2.45 bits per heavy atom. The van der Waals surface area contributed by atoms with Gasteiger partial charge in [0, 0.05) is 6.92 Å². The first kappa shape index (κ1) is 10.3. The van der Waals surface area contributed by atoms with E-state index in [1.54, 1.807) is 0 Å². The molecule has 0 aliphatic carbocycles. The zero-order valence-corrected chi connectivity index (χ0v) is 7.23. The molecule has 64 valence electrons. The van der Waals surface area contributed by atoms with Gasteiger partial charge in [-0.2, -0.15) is 12.6 Å². The van der Waals surface area contributed by atoms with Gasteiger partial charge in [-0.3, -0.25) is 9.59 Å². The quantitative estimate of drug-likeness (QED) is 0.495. The van der Waals surface area contributed by atoms with Crippen LogP contribution < -0.4 is 11.1 Å². The van der Waals surface area contributed by atoms with Gasteiger partial charge in [0.2, 0.25) is 11.8 Å². The van der Waals surface area contributed by atoms with E-state index in [4.69, 9.17) is 5.73 Å². The predicted molar refractivity (Wildman–Crippen MR) is 45.3 cm³/mol. The number of primary amides is 1. The summed E-state index contributed by atoms with van der Waals surface area (Å²) in [5.74, 6) is -0.252. The molecule has 0 heterocycles. The molecule has 0 aromatic carbocycles. The number of rotatable bonds is 4. The average molecular weight is 176 g/mol. The Bertz CT molecular complexity index is 161. The molecule has 0 spiro atoms. The van der Waals surface area contributed by atoms with Gasteiger partial charge in [-0.15, -0.1) is 0 Å². The van der Waals surface area contributed by atoms with Crippen LogP contribution >= 0.6 is 12.6 Å². The Morgan fingerprint density at radius 2 is 2.18 bits per heavy atom. The zero-order valence-electron chi connectivity index (χ0n) is 6.33. The Kier molecular flexibility index (Phi) is 4.69. The Morgan fingerprint density at radius 1 is 1.64 bits per heavy atom. The molecule has 0 aromatic heterocycles. The van der Waals surface area contributed by atoms with E-state index in [9.17, 15) is 9.59 Å². The minimum Gasteiger partial charge on any atom is -0.368 e. The van der Waals surface area contributed by atoms with Gasteiger partial charge < -0.3 is 11.1 Å². The second-order valence-electron chi connectivity index (χ2n) is 2.17. The molecular weight excluding hydrogens is 164 g/mol. The fourth-order valence-electron chi connectivity index (χ4n) is 0.660. The molecule has 0 saturated carbocycles. The van der Waals surface area contributed by atoms with Crippen molar-refractivity contribution in [3.63, 3.8) is 0 Å². The van der Waals surface area contributed by atoms with E-state index in [-0.39, 0.29) is 5.91 Å². The third kappa shape index (κ3) is 4.66. The summed E-state index contributed by atoms with van der Waals surface area (Å²) in [6.07, 6.45) is 0.470. The molecule has 1 atom stereocenters. The van der Waals surface area contributed by atoms with Gasteiger partial charge >= 0.3 is 0 Å². The molecule has 0 radical (unpaired) electrons. The monoisotopic (exact) mass is 176 g/mol. The third-order valence-electron chi connectivity index (χ3n) is 1.14. The summed E-state index contributed by atoms with van der Waals surface area (Å²) in [5, 5.41) is 2.42. The molecule has 11 heavy (non-hydrogen) atoms. The van der Waals surface area contributed by atoms with Gasteiger partial charge in [0.05, 0.1) is 0 Å². The fourth-order valence-corrected chi connectivity index (χ4v) is 0.918. The van der Waals surface area contributed by atoms with Gasteiger partial charge in [0.15, 0.2) is 0 Å². The molecule has 2 amide bonds. The predicted octanol–water partition coefficient (Wildman–Crippen LogP) is -0.704. The number of hydrogen-bond acceptors (Lipinski definition) is 3. The number of nitrogens with one attached hydrogen (secondary N) is 1. The first-order chi connectivity index (χ1) is 5.07. The van der Waals surface area contributed by atoms with Gasteiger partial charge in [0.25, 0.3) is 0 Å². The lowest BCUT2D eigenvalue weighted by Crippen LogP contribution is -2.43. The van der Waals surface area contributed by atoms with Crippen LogP contribution in [0.3, 0.4) is 0 Å². The lowest BCUT2D eigenvalue weighted by atomic mass is 10.2. The van der Waals surface area contributed by atoms with Gasteiger partial charge in [-0.25, -0.2) is 0 Å². The van der Waals surface area contributed by atoms with Crippen molar-refractivity contribution < 1.29 is 9.59 Å². The molecule has 0 unspecified atom stereocenters. The van der Waals surface area contributed by atoms with Crippen molar-refractivity contribution in [2.75, 3.05) is 5.75 Å². The summed E-state index contributed by atoms with van der Waals surface area (Å²) in [5.41, 5.74) is 4.98. The summed E-state index contributed by atoms with van der Waals surface area (Å²) in [4.78, 5) is 21.1. The molecular formula is C6H12N2O2S. The number of carbonyl (C=O) groups is 2. The smallest absolute Gasteiger partial charge is 0.240 e. The van der Waals surface area contributed by atoms with E-state index < -0.39 is 11.9 Å². The van der Waals surface area contributed by atoms with Crippen LogP contribution in [0.15, 0.2) is 0 Å². The normalized spacial score (nSPS) is 12.2. The van der Waals surface area contributed by atoms with E-state index in [2.05, 4.69) is 17.9 Å². The first-order valence-electron chi connectivity index (χ1n) is 3.25. The standard InChI is InChI=1S/C6H12N2O2S/c1-4(9)8-5(2-3-11)6(7)10/h5,11H,2-3H2,1H3,(H2,7,10)(H,8,9)/t5-/m1/s1. The lowest BCUT2D eigenvalue weighted by molar-refractivity contribution is -0.126. The highest BCUT2D eigenvalue weighted by Crippen LogP contribution is 1.92.